The first-order valence-corrected chi connectivity index (χ1v) is 5.08. The first-order chi connectivity index (χ1) is 6.94. The number of nitrogen functional groups attached to an aromatic ring is 1. The Labute approximate surface area is 91.6 Å². The highest BCUT2D eigenvalue weighted by atomic mass is 16.5. The number of hydrogen-bond acceptors (Lipinski definition) is 3. The molecular formula is C12H20N2O. The van der Waals surface area contributed by atoms with Crippen molar-refractivity contribution in [2.24, 2.45) is 0 Å². The van der Waals surface area contributed by atoms with E-state index in [4.69, 9.17) is 10.5 Å². The van der Waals surface area contributed by atoms with Crippen molar-refractivity contribution >= 4 is 11.4 Å². The van der Waals surface area contributed by atoms with Gasteiger partial charge in [0.05, 0.1) is 12.1 Å². The van der Waals surface area contributed by atoms with Crippen LogP contribution in [-0.4, -0.2) is 19.3 Å². The van der Waals surface area contributed by atoms with E-state index >= 15 is 0 Å². The highest BCUT2D eigenvalue weighted by Gasteiger charge is 2.17. The van der Waals surface area contributed by atoms with Gasteiger partial charge in [-0.1, -0.05) is 6.07 Å². The van der Waals surface area contributed by atoms with Gasteiger partial charge in [-0.05, 0) is 38.5 Å². The lowest BCUT2D eigenvalue weighted by molar-refractivity contribution is 0.158. The number of rotatable bonds is 4. The first-order valence-electron chi connectivity index (χ1n) is 5.08. The van der Waals surface area contributed by atoms with E-state index in [1.807, 2.05) is 18.2 Å². The molecule has 3 nitrogen and oxygen atoms in total. The maximum atomic E-state index is 5.75. The number of nitrogens with one attached hydrogen (secondary N) is 1. The van der Waals surface area contributed by atoms with Gasteiger partial charge in [0.15, 0.2) is 0 Å². The zero-order valence-corrected chi connectivity index (χ0v) is 9.92. The lowest BCUT2D eigenvalue weighted by Crippen LogP contribution is -2.36. The van der Waals surface area contributed by atoms with Gasteiger partial charge in [0.25, 0.3) is 0 Å². The molecule has 0 aliphatic carbocycles. The minimum Gasteiger partial charge on any atom is -0.399 e. The Morgan fingerprint density at radius 2 is 2.07 bits per heavy atom. The molecule has 15 heavy (non-hydrogen) atoms. The van der Waals surface area contributed by atoms with Gasteiger partial charge in [-0.25, -0.2) is 0 Å². The van der Waals surface area contributed by atoms with E-state index in [9.17, 15) is 0 Å². The summed E-state index contributed by atoms with van der Waals surface area (Å²) in [5.74, 6) is 0. The summed E-state index contributed by atoms with van der Waals surface area (Å²) in [5.41, 5.74) is 8.69. The second-order valence-corrected chi connectivity index (χ2v) is 4.52. The van der Waals surface area contributed by atoms with Crippen LogP contribution in [0.3, 0.4) is 0 Å². The summed E-state index contributed by atoms with van der Waals surface area (Å²) in [4.78, 5) is 0. The van der Waals surface area contributed by atoms with Gasteiger partial charge < -0.3 is 15.8 Å². The minimum absolute atomic E-state index is 0.0900. The van der Waals surface area contributed by atoms with E-state index in [0.29, 0.717) is 6.61 Å². The summed E-state index contributed by atoms with van der Waals surface area (Å²) >= 11 is 0. The van der Waals surface area contributed by atoms with Gasteiger partial charge in [0.2, 0.25) is 0 Å². The van der Waals surface area contributed by atoms with Gasteiger partial charge in [-0.2, -0.15) is 0 Å². The van der Waals surface area contributed by atoms with Crippen LogP contribution in [-0.2, 0) is 4.74 Å². The number of aryl methyl sites for hydroxylation is 1. The second kappa shape index (κ2) is 4.53. The zero-order chi connectivity index (χ0) is 11.5. The average molecular weight is 208 g/mol. The predicted octanol–water partition coefficient (Wildman–Crippen LogP) is 2.41. The van der Waals surface area contributed by atoms with E-state index in [1.54, 1.807) is 7.11 Å². The largest absolute Gasteiger partial charge is 0.399 e. The van der Waals surface area contributed by atoms with Crippen LogP contribution in [0.4, 0.5) is 11.4 Å². The molecule has 0 saturated heterocycles. The fourth-order valence-corrected chi connectivity index (χ4v) is 1.54. The van der Waals surface area contributed by atoms with Gasteiger partial charge in [-0.3, -0.25) is 0 Å². The number of ether oxygens (including phenoxy) is 1. The van der Waals surface area contributed by atoms with Crippen LogP contribution >= 0.6 is 0 Å². The molecule has 0 radical (unpaired) electrons. The van der Waals surface area contributed by atoms with E-state index < -0.39 is 0 Å². The molecule has 3 heteroatoms. The second-order valence-electron chi connectivity index (χ2n) is 4.52. The van der Waals surface area contributed by atoms with Crippen LogP contribution in [0.2, 0.25) is 0 Å². The average Bonchev–Trinajstić information content (AvgIpc) is 2.10. The van der Waals surface area contributed by atoms with E-state index in [0.717, 1.165) is 11.4 Å². The van der Waals surface area contributed by atoms with Gasteiger partial charge in [0, 0.05) is 18.5 Å². The first kappa shape index (κ1) is 11.9. The molecule has 84 valence electrons. The van der Waals surface area contributed by atoms with Crippen LogP contribution < -0.4 is 11.1 Å². The Morgan fingerprint density at radius 3 is 2.67 bits per heavy atom. The molecule has 0 saturated carbocycles. The summed E-state index contributed by atoms with van der Waals surface area (Å²) < 4.78 is 5.16. The van der Waals surface area contributed by atoms with E-state index in [2.05, 4.69) is 26.1 Å². The molecule has 0 aliphatic heterocycles. The quantitative estimate of drug-likeness (QED) is 0.747. The molecule has 1 rings (SSSR count). The van der Waals surface area contributed by atoms with Crippen LogP contribution in [0.15, 0.2) is 18.2 Å². The molecule has 0 aliphatic rings. The van der Waals surface area contributed by atoms with E-state index in [1.165, 1.54) is 5.56 Å². The summed E-state index contributed by atoms with van der Waals surface area (Å²) in [6, 6.07) is 5.87. The Bertz CT molecular complexity index is 334. The molecule has 0 heterocycles. The van der Waals surface area contributed by atoms with Crippen molar-refractivity contribution < 1.29 is 4.74 Å². The van der Waals surface area contributed by atoms with Crippen molar-refractivity contribution in [1.82, 2.24) is 0 Å². The third kappa shape index (κ3) is 3.44. The lowest BCUT2D eigenvalue weighted by Gasteiger charge is -2.27. The molecule has 0 spiro atoms. The third-order valence-electron chi connectivity index (χ3n) is 2.24. The molecule has 0 bridgehead atoms. The molecule has 1 aromatic rings. The Hall–Kier alpha value is -1.22. The predicted molar refractivity (Wildman–Crippen MR) is 65.2 cm³/mol. The summed E-state index contributed by atoms with van der Waals surface area (Å²) in [7, 11) is 1.70. The summed E-state index contributed by atoms with van der Waals surface area (Å²) in [6.45, 7) is 6.91. The standard InChI is InChI=1S/C12H20N2O/c1-9-5-6-10(13)7-11(9)14-12(2,3)8-15-4/h5-7,14H,8,13H2,1-4H3. The maximum absolute atomic E-state index is 5.75. The fraction of sp³-hybridized carbons (Fsp3) is 0.500. The number of hydrogen-bond donors (Lipinski definition) is 2. The Morgan fingerprint density at radius 1 is 1.40 bits per heavy atom. The van der Waals surface area contributed by atoms with Crippen molar-refractivity contribution in [2.45, 2.75) is 26.3 Å². The molecule has 0 fully saturated rings. The molecule has 0 aromatic heterocycles. The SMILES string of the molecule is COCC(C)(C)Nc1cc(N)ccc1C. The Kier molecular flexibility index (Phi) is 3.58. The molecule has 3 N–H and O–H groups in total. The molecule has 0 amide bonds. The van der Waals surface area contributed by atoms with Crippen LogP contribution in [0.1, 0.15) is 19.4 Å². The fourth-order valence-electron chi connectivity index (χ4n) is 1.54. The van der Waals surface area contributed by atoms with Crippen LogP contribution in [0.25, 0.3) is 0 Å². The lowest BCUT2D eigenvalue weighted by atomic mass is 10.0. The normalized spacial score (nSPS) is 11.5. The van der Waals surface area contributed by atoms with Crippen molar-refractivity contribution in [3.8, 4) is 0 Å². The number of anilines is 2. The smallest absolute Gasteiger partial charge is 0.0687 e. The summed E-state index contributed by atoms with van der Waals surface area (Å²) in [5, 5.41) is 3.42. The highest BCUT2D eigenvalue weighted by Crippen LogP contribution is 2.22. The minimum atomic E-state index is -0.0900. The Balaban J connectivity index is 2.83. The van der Waals surface area contributed by atoms with Crippen molar-refractivity contribution in [3.63, 3.8) is 0 Å². The van der Waals surface area contributed by atoms with Crippen LogP contribution in [0.5, 0.6) is 0 Å². The molecule has 0 unspecified atom stereocenters. The number of benzene rings is 1. The third-order valence-corrected chi connectivity index (χ3v) is 2.24. The zero-order valence-electron chi connectivity index (χ0n) is 9.92. The van der Waals surface area contributed by atoms with E-state index in [-0.39, 0.29) is 5.54 Å². The van der Waals surface area contributed by atoms with Crippen molar-refractivity contribution in [3.05, 3.63) is 23.8 Å². The monoisotopic (exact) mass is 208 g/mol. The molecule has 1 aromatic carbocycles. The maximum Gasteiger partial charge on any atom is 0.0687 e. The number of nitrogens with two attached hydrogens (primary N) is 1. The van der Waals surface area contributed by atoms with Gasteiger partial charge in [-0.15, -0.1) is 0 Å². The van der Waals surface area contributed by atoms with Gasteiger partial charge >= 0.3 is 0 Å². The van der Waals surface area contributed by atoms with Crippen molar-refractivity contribution in [2.75, 3.05) is 24.8 Å². The number of methoxy groups -OCH3 is 1. The molecular weight excluding hydrogens is 188 g/mol. The topological polar surface area (TPSA) is 47.3 Å². The highest BCUT2D eigenvalue weighted by molar-refractivity contribution is 5.60. The summed E-state index contributed by atoms with van der Waals surface area (Å²) in [6.07, 6.45) is 0. The van der Waals surface area contributed by atoms with Gasteiger partial charge in [0.1, 0.15) is 0 Å². The molecule has 0 atom stereocenters. The van der Waals surface area contributed by atoms with Crippen molar-refractivity contribution in [1.29, 1.82) is 0 Å². The van der Waals surface area contributed by atoms with Crippen LogP contribution in [0, 0.1) is 6.92 Å².